The molecule has 1 aliphatic heterocycles. The summed E-state index contributed by atoms with van der Waals surface area (Å²) >= 11 is 0. The Kier molecular flexibility index (Phi) is 2.72. The van der Waals surface area contributed by atoms with E-state index in [0.717, 1.165) is 12.1 Å². The lowest BCUT2D eigenvalue weighted by atomic mass is 9.98. The van der Waals surface area contributed by atoms with Crippen LogP contribution in [0.2, 0.25) is 0 Å². The zero-order chi connectivity index (χ0) is 10.7. The molecular formula is C12H14N2O. The second-order valence-electron chi connectivity index (χ2n) is 3.78. The molecule has 0 radical (unpaired) electrons. The van der Waals surface area contributed by atoms with Gasteiger partial charge in [0.25, 0.3) is 0 Å². The molecular weight excluding hydrogens is 188 g/mol. The first-order chi connectivity index (χ1) is 7.29. The number of nitrogens with zero attached hydrogens (tertiary/aromatic N) is 2. The summed E-state index contributed by atoms with van der Waals surface area (Å²) < 4.78 is 0. The predicted octanol–water partition coefficient (Wildman–Crippen LogP) is 2.19. The highest BCUT2D eigenvalue weighted by Crippen LogP contribution is 2.22. The van der Waals surface area contributed by atoms with Crippen LogP contribution in [0.25, 0.3) is 5.57 Å². The Bertz CT molecular complexity index is 395. The fourth-order valence-corrected chi connectivity index (χ4v) is 1.82. The Hall–Kier alpha value is -1.77. The molecule has 3 heteroatoms. The van der Waals surface area contributed by atoms with E-state index in [0.29, 0.717) is 6.54 Å². The third-order valence-corrected chi connectivity index (χ3v) is 2.49. The molecule has 1 N–H and O–H groups in total. The zero-order valence-electron chi connectivity index (χ0n) is 8.72. The van der Waals surface area contributed by atoms with Gasteiger partial charge in [0, 0.05) is 19.7 Å². The van der Waals surface area contributed by atoms with Crippen LogP contribution in [0.5, 0.6) is 0 Å². The average Bonchev–Trinajstić information content (AvgIpc) is 2.29. The zero-order valence-corrected chi connectivity index (χ0v) is 8.72. The van der Waals surface area contributed by atoms with Gasteiger partial charge in [-0.1, -0.05) is 35.5 Å². The van der Waals surface area contributed by atoms with Gasteiger partial charge in [-0.05, 0) is 11.1 Å². The summed E-state index contributed by atoms with van der Waals surface area (Å²) in [5.74, 6) is 0. The van der Waals surface area contributed by atoms with Crippen LogP contribution < -0.4 is 0 Å². The molecule has 3 nitrogen and oxygen atoms in total. The monoisotopic (exact) mass is 202 g/mol. The lowest BCUT2D eigenvalue weighted by Crippen LogP contribution is -2.26. The molecule has 2 rings (SSSR count). The van der Waals surface area contributed by atoms with Crippen molar-refractivity contribution in [1.29, 1.82) is 0 Å². The summed E-state index contributed by atoms with van der Waals surface area (Å²) in [7, 11) is 1.98. The topological polar surface area (TPSA) is 35.8 Å². The Morgan fingerprint density at radius 1 is 1.27 bits per heavy atom. The number of rotatable bonds is 1. The molecule has 1 aromatic rings. The Morgan fingerprint density at radius 3 is 2.67 bits per heavy atom. The second kappa shape index (κ2) is 4.17. The third-order valence-electron chi connectivity index (χ3n) is 2.49. The first-order valence-corrected chi connectivity index (χ1v) is 4.96. The SMILES string of the molecule is CN1C=C(c2ccccc2)CC(=NO)C1. The molecule has 0 bridgehead atoms. The molecule has 0 atom stereocenters. The van der Waals surface area contributed by atoms with Gasteiger partial charge < -0.3 is 10.1 Å². The molecule has 0 aliphatic carbocycles. The maximum Gasteiger partial charge on any atom is 0.0807 e. The smallest absolute Gasteiger partial charge is 0.0807 e. The van der Waals surface area contributed by atoms with Crippen LogP contribution in [-0.2, 0) is 0 Å². The highest BCUT2D eigenvalue weighted by atomic mass is 16.4. The van der Waals surface area contributed by atoms with Gasteiger partial charge in [-0.25, -0.2) is 0 Å². The van der Waals surface area contributed by atoms with Crippen LogP contribution in [-0.4, -0.2) is 29.4 Å². The Balaban J connectivity index is 2.30. The first kappa shape index (κ1) is 9.77. The van der Waals surface area contributed by atoms with E-state index < -0.39 is 0 Å². The van der Waals surface area contributed by atoms with E-state index in [1.807, 2.05) is 30.1 Å². The number of allylic oxidation sites excluding steroid dienone is 1. The van der Waals surface area contributed by atoms with Crippen LogP contribution in [0.15, 0.2) is 41.7 Å². The van der Waals surface area contributed by atoms with Gasteiger partial charge >= 0.3 is 0 Å². The Labute approximate surface area is 89.3 Å². The van der Waals surface area contributed by atoms with Crippen molar-refractivity contribution in [3.8, 4) is 0 Å². The third kappa shape index (κ3) is 2.18. The predicted molar refractivity (Wildman–Crippen MR) is 60.9 cm³/mol. The van der Waals surface area contributed by atoms with Crippen molar-refractivity contribution in [2.75, 3.05) is 13.6 Å². The van der Waals surface area contributed by atoms with Gasteiger partial charge in [0.2, 0.25) is 0 Å². The van der Waals surface area contributed by atoms with Gasteiger partial charge in [-0.3, -0.25) is 0 Å². The van der Waals surface area contributed by atoms with Crippen molar-refractivity contribution in [3.05, 3.63) is 42.1 Å². The number of hydrogen-bond acceptors (Lipinski definition) is 3. The minimum atomic E-state index is 0.701. The molecule has 0 saturated carbocycles. The molecule has 0 saturated heterocycles. The molecule has 0 aromatic heterocycles. The number of oxime groups is 1. The molecule has 1 aromatic carbocycles. The van der Waals surface area contributed by atoms with E-state index in [1.165, 1.54) is 11.1 Å². The van der Waals surface area contributed by atoms with E-state index in [4.69, 9.17) is 5.21 Å². The highest BCUT2D eigenvalue weighted by molar-refractivity contribution is 5.96. The van der Waals surface area contributed by atoms with Crippen LogP contribution in [0.1, 0.15) is 12.0 Å². The summed E-state index contributed by atoms with van der Waals surface area (Å²) in [5.41, 5.74) is 3.18. The summed E-state index contributed by atoms with van der Waals surface area (Å²) in [4.78, 5) is 2.03. The second-order valence-corrected chi connectivity index (χ2v) is 3.78. The van der Waals surface area contributed by atoms with E-state index in [1.54, 1.807) is 0 Å². The van der Waals surface area contributed by atoms with Crippen molar-refractivity contribution < 1.29 is 5.21 Å². The molecule has 0 unspecified atom stereocenters. The molecule has 0 spiro atoms. The minimum Gasteiger partial charge on any atom is -0.411 e. The van der Waals surface area contributed by atoms with Crippen molar-refractivity contribution in [2.45, 2.75) is 6.42 Å². The summed E-state index contributed by atoms with van der Waals surface area (Å²) in [6, 6.07) is 10.2. The first-order valence-electron chi connectivity index (χ1n) is 4.96. The minimum absolute atomic E-state index is 0.701. The van der Waals surface area contributed by atoms with Crippen molar-refractivity contribution in [1.82, 2.24) is 4.90 Å². The van der Waals surface area contributed by atoms with E-state index in [-0.39, 0.29) is 0 Å². The fourth-order valence-electron chi connectivity index (χ4n) is 1.82. The molecule has 78 valence electrons. The van der Waals surface area contributed by atoms with Gasteiger partial charge in [-0.2, -0.15) is 0 Å². The standard InChI is InChI=1S/C12H14N2O/c1-14-8-11(7-12(9-14)13-15)10-5-3-2-4-6-10/h2-6,8,15H,7,9H2,1H3. The lowest BCUT2D eigenvalue weighted by Gasteiger charge is -2.23. The average molecular weight is 202 g/mol. The lowest BCUT2D eigenvalue weighted by molar-refractivity contribution is 0.314. The van der Waals surface area contributed by atoms with Crippen LogP contribution in [0.3, 0.4) is 0 Å². The molecule has 0 amide bonds. The van der Waals surface area contributed by atoms with Gasteiger partial charge in [0.1, 0.15) is 0 Å². The normalized spacial score (nSPS) is 19.1. The van der Waals surface area contributed by atoms with Gasteiger partial charge in [0.05, 0.1) is 12.3 Å². The molecule has 1 heterocycles. The Morgan fingerprint density at radius 2 is 2.00 bits per heavy atom. The fraction of sp³-hybridized carbons (Fsp3) is 0.250. The van der Waals surface area contributed by atoms with E-state index >= 15 is 0 Å². The number of hydrogen-bond donors (Lipinski definition) is 1. The molecule has 1 aliphatic rings. The van der Waals surface area contributed by atoms with Crippen LogP contribution in [0.4, 0.5) is 0 Å². The van der Waals surface area contributed by atoms with E-state index in [9.17, 15) is 0 Å². The molecule has 15 heavy (non-hydrogen) atoms. The maximum atomic E-state index is 8.81. The summed E-state index contributed by atoms with van der Waals surface area (Å²) in [5, 5.41) is 12.1. The van der Waals surface area contributed by atoms with Crippen LogP contribution in [0, 0.1) is 0 Å². The van der Waals surface area contributed by atoms with Gasteiger partial charge in [0.15, 0.2) is 0 Å². The van der Waals surface area contributed by atoms with Crippen molar-refractivity contribution in [3.63, 3.8) is 0 Å². The van der Waals surface area contributed by atoms with Gasteiger partial charge in [-0.15, -0.1) is 0 Å². The number of benzene rings is 1. The largest absolute Gasteiger partial charge is 0.411 e. The maximum absolute atomic E-state index is 8.81. The van der Waals surface area contributed by atoms with Crippen molar-refractivity contribution >= 4 is 11.3 Å². The quantitative estimate of drug-likeness (QED) is 0.559. The summed E-state index contributed by atoms with van der Waals surface area (Å²) in [6.07, 6.45) is 2.83. The summed E-state index contributed by atoms with van der Waals surface area (Å²) in [6.45, 7) is 0.701. The van der Waals surface area contributed by atoms with Crippen molar-refractivity contribution in [2.24, 2.45) is 5.16 Å². The highest BCUT2D eigenvalue weighted by Gasteiger charge is 2.14. The molecule has 0 fully saturated rings. The van der Waals surface area contributed by atoms with Crippen LogP contribution >= 0.6 is 0 Å². The van der Waals surface area contributed by atoms with E-state index in [2.05, 4.69) is 23.5 Å².